The minimum atomic E-state index is -0.893. The van der Waals surface area contributed by atoms with Gasteiger partial charge in [0.15, 0.2) is 0 Å². The van der Waals surface area contributed by atoms with Crippen LogP contribution in [0.5, 0.6) is 0 Å². The van der Waals surface area contributed by atoms with Gasteiger partial charge in [-0.3, -0.25) is 9.59 Å². The minimum absolute atomic E-state index is 0.0404. The van der Waals surface area contributed by atoms with E-state index in [1.165, 1.54) is 6.92 Å². The smallest absolute Gasteiger partial charge is 0.242 e. The maximum atomic E-state index is 12.5. The van der Waals surface area contributed by atoms with Gasteiger partial charge in [-0.2, -0.15) is 0 Å². The van der Waals surface area contributed by atoms with Crippen molar-refractivity contribution >= 4 is 23.6 Å². The molecule has 0 radical (unpaired) electrons. The second-order valence-corrected chi connectivity index (χ2v) is 8.03. The van der Waals surface area contributed by atoms with Crippen LogP contribution in [-0.4, -0.2) is 69.1 Å². The summed E-state index contributed by atoms with van der Waals surface area (Å²) in [6.45, 7) is 7.25. The third-order valence-electron chi connectivity index (χ3n) is 4.49. The van der Waals surface area contributed by atoms with E-state index in [4.69, 9.17) is 5.73 Å². The Kier molecular flexibility index (Phi) is 5.40. The number of aliphatic hydroxyl groups excluding tert-OH is 1. The predicted octanol–water partition coefficient (Wildman–Crippen LogP) is 0.245. The van der Waals surface area contributed by atoms with Crippen LogP contribution in [-0.2, 0) is 9.59 Å². The maximum Gasteiger partial charge on any atom is 0.242 e. The number of nitrogens with zero attached hydrogens (tertiary/aromatic N) is 2. The van der Waals surface area contributed by atoms with Crippen molar-refractivity contribution in [3.8, 4) is 0 Å². The molecule has 22 heavy (non-hydrogen) atoms. The number of piperidine rings is 1. The van der Waals surface area contributed by atoms with Crippen LogP contribution < -0.4 is 5.73 Å². The monoisotopic (exact) mass is 329 g/mol. The van der Waals surface area contributed by atoms with Crippen molar-refractivity contribution in [1.82, 2.24) is 9.80 Å². The molecule has 126 valence electrons. The van der Waals surface area contributed by atoms with E-state index in [1.807, 2.05) is 18.7 Å². The Hall–Kier alpha value is -0.790. The molecule has 2 rings (SSSR count). The van der Waals surface area contributed by atoms with Gasteiger partial charge in [0.25, 0.3) is 0 Å². The van der Waals surface area contributed by atoms with Gasteiger partial charge >= 0.3 is 0 Å². The van der Waals surface area contributed by atoms with E-state index < -0.39 is 12.1 Å². The van der Waals surface area contributed by atoms with Crippen molar-refractivity contribution in [2.24, 2.45) is 11.7 Å². The lowest BCUT2D eigenvalue weighted by Crippen LogP contribution is -2.60. The van der Waals surface area contributed by atoms with Crippen LogP contribution in [0, 0.1) is 5.92 Å². The van der Waals surface area contributed by atoms with Gasteiger partial charge in [0, 0.05) is 24.8 Å². The van der Waals surface area contributed by atoms with Crippen molar-refractivity contribution in [2.45, 2.75) is 50.6 Å². The molecule has 3 atom stereocenters. The van der Waals surface area contributed by atoms with Gasteiger partial charge in [-0.1, -0.05) is 13.8 Å². The number of aliphatic hydroxyl groups is 1. The van der Waals surface area contributed by atoms with Crippen LogP contribution in [0.25, 0.3) is 0 Å². The summed E-state index contributed by atoms with van der Waals surface area (Å²) in [5.41, 5.74) is 5.79. The number of hydrogen-bond donors (Lipinski definition) is 2. The van der Waals surface area contributed by atoms with E-state index in [9.17, 15) is 14.7 Å². The zero-order valence-electron chi connectivity index (χ0n) is 13.6. The maximum absolute atomic E-state index is 12.5. The van der Waals surface area contributed by atoms with Crippen molar-refractivity contribution in [2.75, 3.05) is 25.4 Å². The normalized spacial score (nSPS) is 28.3. The van der Waals surface area contributed by atoms with E-state index in [-0.39, 0.29) is 22.6 Å². The van der Waals surface area contributed by atoms with E-state index in [1.54, 1.807) is 16.7 Å². The molecule has 0 saturated carbocycles. The van der Waals surface area contributed by atoms with Crippen LogP contribution in [0.4, 0.5) is 0 Å². The first-order chi connectivity index (χ1) is 10.3. The average molecular weight is 329 g/mol. The highest BCUT2D eigenvalue weighted by Gasteiger charge is 2.48. The summed E-state index contributed by atoms with van der Waals surface area (Å²) in [6, 6.07) is -0.893. The third-order valence-corrected chi connectivity index (χ3v) is 5.97. The molecule has 0 aromatic heterocycles. The predicted molar refractivity (Wildman–Crippen MR) is 87.2 cm³/mol. The molecule has 2 heterocycles. The Bertz CT molecular complexity index is 444. The summed E-state index contributed by atoms with van der Waals surface area (Å²) in [4.78, 5) is 28.3. The topological polar surface area (TPSA) is 86.9 Å². The lowest BCUT2D eigenvalue weighted by Gasteiger charge is -2.46. The number of hydrogen-bond acceptors (Lipinski definition) is 5. The fourth-order valence-corrected chi connectivity index (χ4v) is 4.70. The zero-order chi connectivity index (χ0) is 16.5. The molecule has 2 aliphatic rings. The Balaban J connectivity index is 2.15. The molecular formula is C15H27N3O3S. The zero-order valence-corrected chi connectivity index (χ0v) is 14.4. The molecule has 6 nitrogen and oxygen atoms in total. The number of thioether (sulfide) groups is 1. The van der Waals surface area contributed by atoms with Crippen molar-refractivity contribution in [3.05, 3.63) is 0 Å². The first kappa shape index (κ1) is 17.6. The first-order valence-electron chi connectivity index (χ1n) is 7.96. The number of carbonyl (C=O) groups excluding carboxylic acids is 2. The van der Waals surface area contributed by atoms with Crippen LogP contribution in [0.2, 0.25) is 0 Å². The Morgan fingerprint density at radius 3 is 2.50 bits per heavy atom. The van der Waals surface area contributed by atoms with Gasteiger partial charge in [-0.25, -0.2) is 0 Å². The Morgan fingerprint density at radius 2 is 1.91 bits per heavy atom. The van der Waals surface area contributed by atoms with E-state index in [2.05, 4.69) is 0 Å². The second kappa shape index (κ2) is 6.76. The van der Waals surface area contributed by atoms with Gasteiger partial charge in [0.2, 0.25) is 11.8 Å². The highest BCUT2D eigenvalue weighted by atomic mass is 32.2. The largest absolute Gasteiger partial charge is 0.391 e. The lowest BCUT2D eigenvalue weighted by molar-refractivity contribution is -0.144. The first-order valence-corrected chi connectivity index (χ1v) is 8.95. The van der Waals surface area contributed by atoms with Crippen molar-refractivity contribution in [1.29, 1.82) is 0 Å². The molecule has 0 aromatic carbocycles. The quantitative estimate of drug-likeness (QED) is 0.775. The molecule has 2 aliphatic heterocycles. The molecule has 2 saturated heterocycles. The molecule has 2 amide bonds. The van der Waals surface area contributed by atoms with E-state index in [0.29, 0.717) is 13.1 Å². The van der Waals surface area contributed by atoms with Crippen molar-refractivity contribution in [3.63, 3.8) is 0 Å². The minimum Gasteiger partial charge on any atom is -0.391 e. The third kappa shape index (κ3) is 3.26. The van der Waals surface area contributed by atoms with Gasteiger partial charge in [0.05, 0.1) is 12.6 Å². The van der Waals surface area contributed by atoms with Crippen LogP contribution >= 0.6 is 11.8 Å². The fourth-order valence-electron chi connectivity index (χ4n) is 3.18. The van der Waals surface area contributed by atoms with E-state index >= 15 is 0 Å². The van der Waals surface area contributed by atoms with Gasteiger partial charge in [-0.15, -0.1) is 11.8 Å². The molecule has 0 aliphatic carbocycles. The molecule has 7 heteroatoms. The fraction of sp³-hybridized carbons (Fsp3) is 0.867. The molecule has 1 spiro atoms. The van der Waals surface area contributed by atoms with E-state index in [0.717, 1.165) is 25.1 Å². The van der Waals surface area contributed by atoms with Gasteiger partial charge in [-0.05, 0) is 19.8 Å². The Morgan fingerprint density at radius 1 is 1.23 bits per heavy atom. The number of carbonyl (C=O) groups is 2. The molecule has 2 fully saturated rings. The molecule has 3 N–H and O–H groups in total. The average Bonchev–Trinajstić information content (AvgIpc) is 2.87. The summed E-state index contributed by atoms with van der Waals surface area (Å²) in [5.74, 6) is 0.794. The van der Waals surface area contributed by atoms with Gasteiger partial charge in [0.1, 0.15) is 10.9 Å². The highest BCUT2D eigenvalue weighted by Crippen LogP contribution is 2.43. The van der Waals surface area contributed by atoms with Crippen LogP contribution in [0.1, 0.15) is 33.6 Å². The summed E-state index contributed by atoms with van der Waals surface area (Å²) in [5, 5.41) is 9.55. The molecular weight excluding hydrogens is 302 g/mol. The van der Waals surface area contributed by atoms with Crippen LogP contribution in [0.3, 0.4) is 0 Å². The summed E-state index contributed by atoms with van der Waals surface area (Å²) in [6.07, 6.45) is 0.895. The summed E-state index contributed by atoms with van der Waals surface area (Å²) in [7, 11) is 0. The number of likely N-dealkylation sites (tertiary alicyclic amines) is 1. The number of amides is 2. The summed E-state index contributed by atoms with van der Waals surface area (Å²) < 4.78 is 0. The number of nitrogens with two attached hydrogens (primary N) is 1. The SMILES string of the molecule is CC(C)C(=O)N1CCSC12CCCN(C(=O)[C@@H](N)[C@@H](C)O)C2. The standard InChI is InChI=1S/C15H27N3O3S/c1-10(2)13(20)18-7-8-22-15(18)5-4-6-17(9-15)14(21)12(16)11(3)19/h10-12,19H,4-9,16H2,1-3H3/t11-,12+,15?/m1/s1. The van der Waals surface area contributed by atoms with Crippen LogP contribution in [0.15, 0.2) is 0 Å². The summed E-state index contributed by atoms with van der Waals surface area (Å²) >= 11 is 1.77. The molecule has 0 bridgehead atoms. The molecule has 1 unspecified atom stereocenters. The van der Waals surface area contributed by atoms with Gasteiger partial charge < -0.3 is 20.6 Å². The second-order valence-electron chi connectivity index (χ2n) is 6.57. The molecule has 0 aromatic rings. The van der Waals surface area contributed by atoms with Crippen molar-refractivity contribution < 1.29 is 14.7 Å². The Labute approximate surface area is 136 Å². The highest BCUT2D eigenvalue weighted by molar-refractivity contribution is 8.00. The lowest BCUT2D eigenvalue weighted by atomic mass is 10.00. The number of rotatable bonds is 3.